The first kappa shape index (κ1) is 22.8. The molecule has 1 aliphatic heterocycles. The molecule has 32 heavy (non-hydrogen) atoms. The molecule has 0 atom stereocenters. The highest BCUT2D eigenvalue weighted by Gasteiger charge is 2.36. The average Bonchev–Trinajstić information content (AvgIpc) is 3.02. The van der Waals surface area contributed by atoms with E-state index in [1.165, 1.54) is 20.3 Å². The van der Waals surface area contributed by atoms with E-state index in [-0.39, 0.29) is 5.57 Å². The van der Waals surface area contributed by atoms with Gasteiger partial charge in [-0.3, -0.25) is 9.59 Å². The number of hydrogen-bond donors (Lipinski definition) is 0. The van der Waals surface area contributed by atoms with Crippen LogP contribution in [0.2, 0.25) is 0 Å². The van der Waals surface area contributed by atoms with Crippen LogP contribution in [0.4, 0.5) is 5.69 Å². The molecule has 0 aromatic heterocycles. The number of carbonyl (C=O) groups is 3. The van der Waals surface area contributed by atoms with Crippen molar-refractivity contribution < 1.29 is 28.6 Å². The maximum Gasteiger partial charge on any atom is 0.332 e. The topological polar surface area (TPSA) is 82.1 Å². The molecule has 7 heteroatoms. The minimum atomic E-state index is -0.701. The van der Waals surface area contributed by atoms with Crippen LogP contribution in [0.25, 0.3) is 11.6 Å². The van der Waals surface area contributed by atoms with E-state index in [1.54, 1.807) is 69.3 Å². The fraction of sp³-hybridized carbons (Fsp3) is 0.240. The third-order valence-corrected chi connectivity index (χ3v) is 4.58. The van der Waals surface area contributed by atoms with Gasteiger partial charge in [-0.05, 0) is 50.6 Å². The van der Waals surface area contributed by atoms with Crippen LogP contribution in [0.3, 0.4) is 0 Å². The zero-order valence-corrected chi connectivity index (χ0v) is 18.7. The molecular formula is C25H25NO6. The van der Waals surface area contributed by atoms with Crippen molar-refractivity contribution in [1.29, 1.82) is 0 Å². The number of rotatable bonds is 5. The molecule has 0 bridgehead atoms. The summed E-state index contributed by atoms with van der Waals surface area (Å²) < 4.78 is 15.8. The number of anilines is 1. The third kappa shape index (κ3) is 4.88. The van der Waals surface area contributed by atoms with E-state index in [0.29, 0.717) is 28.3 Å². The molecule has 3 rings (SSSR count). The summed E-state index contributed by atoms with van der Waals surface area (Å²) in [7, 11) is 3.06. The summed E-state index contributed by atoms with van der Waals surface area (Å²) >= 11 is 0. The number of methoxy groups -OCH3 is 2. The summed E-state index contributed by atoms with van der Waals surface area (Å²) in [4.78, 5) is 39.3. The molecule has 2 aromatic rings. The Bertz CT molecular complexity index is 1120. The van der Waals surface area contributed by atoms with Gasteiger partial charge in [0, 0.05) is 17.7 Å². The normalized spacial score (nSPS) is 14.6. The number of ether oxygens (including phenoxy) is 3. The van der Waals surface area contributed by atoms with Crippen molar-refractivity contribution >= 4 is 35.1 Å². The first-order valence-electron chi connectivity index (χ1n) is 9.97. The minimum Gasteiger partial charge on any atom is -0.493 e. The zero-order valence-electron chi connectivity index (χ0n) is 18.7. The summed E-state index contributed by atoms with van der Waals surface area (Å²) in [5.41, 5.74) is 1.01. The summed E-state index contributed by atoms with van der Waals surface area (Å²) in [6, 6.07) is 12.0. The Balaban J connectivity index is 1.90. The Hall–Kier alpha value is -3.87. The van der Waals surface area contributed by atoms with Gasteiger partial charge in [-0.2, -0.15) is 0 Å². The van der Waals surface area contributed by atoms with Crippen molar-refractivity contribution in [3.8, 4) is 11.5 Å². The van der Waals surface area contributed by atoms with Gasteiger partial charge in [-0.25, -0.2) is 9.69 Å². The van der Waals surface area contributed by atoms with E-state index in [2.05, 4.69) is 0 Å². The van der Waals surface area contributed by atoms with E-state index < -0.39 is 23.4 Å². The molecule has 0 aliphatic carbocycles. The first-order chi connectivity index (χ1) is 15.1. The molecule has 0 unspecified atom stereocenters. The fourth-order valence-corrected chi connectivity index (χ4v) is 3.25. The van der Waals surface area contributed by atoms with Crippen molar-refractivity contribution in [1.82, 2.24) is 0 Å². The smallest absolute Gasteiger partial charge is 0.332 e. The highest BCUT2D eigenvalue weighted by Crippen LogP contribution is 2.37. The van der Waals surface area contributed by atoms with Crippen LogP contribution >= 0.6 is 0 Å². The minimum absolute atomic E-state index is 0.114. The predicted octanol–water partition coefficient (Wildman–Crippen LogP) is 4.02. The second-order valence-electron chi connectivity index (χ2n) is 8.04. The fourth-order valence-electron chi connectivity index (χ4n) is 3.25. The monoisotopic (exact) mass is 435 g/mol. The van der Waals surface area contributed by atoms with Crippen molar-refractivity contribution in [2.45, 2.75) is 26.4 Å². The van der Waals surface area contributed by atoms with Crippen molar-refractivity contribution in [2.24, 2.45) is 0 Å². The van der Waals surface area contributed by atoms with E-state index in [4.69, 9.17) is 14.2 Å². The third-order valence-electron chi connectivity index (χ3n) is 4.58. The predicted molar refractivity (Wildman–Crippen MR) is 121 cm³/mol. The Kier molecular flexibility index (Phi) is 6.48. The molecule has 0 spiro atoms. The molecule has 0 fully saturated rings. The number of para-hydroxylation sites is 1. The van der Waals surface area contributed by atoms with Gasteiger partial charge in [-0.15, -0.1) is 0 Å². The second-order valence-corrected chi connectivity index (χ2v) is 8.04. The van der Waals surface area contributed by atoms with E-state index in [1.807, 2.05) is 0 Å². The van der Waals surface area contributed by atoms with Gasteiger partial charge in [0.05, 0.1) is 25.5 Å². The largest absolute Gasteiger partial charge is 0.493 e. The lowest BCUT2D eigenvalue weighted by Gasteiger charge is -2.18. The Labute approximate surface area is 186 Å². The Morgan fingerprint density at radius 3 is 2.31 bits per heavy atom. The molecule has 7 nitrogen and oxygen atoms in total. The number of esters is 1. The molecule has 1 aliphatic rings. The van der Waals surface area contributed by atoms with Gasteiger partial charge >= 0.3 is 5.97 Å². The number of hydrogen-bond acceptors (Lipinski definition) is 6. The van der Waals surface area contributed by atoms with Gasteiger partial charge in [0.2, 0.25) is 0 Å². The van der Waals surface area contributed by atoms with E-state index >= 15 is 0 Å². The van der Waals surface area contributed by atoms with E-state index in [9.17, 15) is 14.4 Å². The van der Waals surface area contributed by atoms with Crippen LogP contribution in [-0.2, 0) is 19.1 Å². The number of imide groups is 1. The maximum atomic E-state index is 13.1. The quantitative estimate of drug-likeness (QED) is 0.521. The molecule has 1 heterocycles. The van der Waals surface area contributed by atoms with Crippen LogP contribution in [0, 0.1) is 0 Å². The van der Waals surface area contributed by atoms with Crippen LogP contribution in [0.5, 0.6) is 11.5 Å². The number of fused-ring (bicyclic) bond motifs is 1. The Morgan fingerprint density at radius 2 is 1.66 bits per heavy atom. The van der Waals surface area contributed by atoms with Gasteiger partial charge in [-0.1, -0.05) is 24.3 Å². The average molecular weight is 435 g/mol. The molecule has 2 aromatic carbocycles. The molecule has 2 amide bonds. The lowest BCUT2D eigenvalue weighted by atomic mass is 10.1. The standard InChI is InChI=1S/C25H25NO6/c1-25(2,3)32-23(28)15-18-17-8-6-7-9-19(17)26(24(18)29)22(27)13-11-16-10-12-20(30-4)21(14-16)31-5/h6-15H,1-5H3/b13-11?,18-15+. The number of nitrogens with zero attached hydrogens (tertiary/aromatic N) is 1. The highest BCUT2D eigenvalue weighted by atomic mass is 16.6. The molecule has 0 saturated carbocycles. The molecular weight excluding hydrogens is 410 g/mol. The lowest BCUT2D eigenvalue weighted by Crippen LogP contribution is -2.32. The van der Waals surface area contributed by atoms with Gasteiger partial charge in [0.25, 0.3) is 11.8 Å². The SMILES string of the molecule is COc1ccc(C=CC(=O)N2C(=O)/C(=C/C(=O)OC(C)(C)C)c3ccccc32)cc1OC. The first-order valence-corrected chi connectivity index (χ1v) is 9.97. The van der Waals surface area contributed by atoms with E-state index in [0.717, 1.165) is 11.0 Å². The van der Waals surface area contributed by atoms with Gasteiger partial charge in [0.1, 0.15) is 5.60 Å². The zero-order chi connectivity index (χ0) is 23.5. The highest BCUT2D eigenvalue weighted by molar-refractivity contribution is 6.42. The molecule has 166 valence electrons. The number of benzene rings is 2. The molecule has 0 N–H and O–H groups in total. The van der Waals surface area contributed by atoms with Crippen molar-refractivity contribution in [3.63, 3.8) is 0 Å². The van der Waals surface area contributed by atoms with Crippen molar-refractivity contribution in [3.05, 3.63) is 65.7 Å². The van der Waals surface area contributed by atoms with Crippen molar-refractivity contribution in [2.75, 3.05) is 19.1 Å². The maximum absolute atomic E-state index is 13.1. The number of carbonyl (C=O) groups excluding carboxylic acids is 3. The molecule has 0 saturated heterocycles. The van der Waals surface area contributed by atoms with Gasteiger partial charge < -0.3 is 14.2 Å². The molecule has 0 radical (unpaired) electrons. The summed E-state index contributed by atoms with van der Waals surface area (Å²) in [6.45, 7) is 5.22. The summed E-state index contributed by atoms with van der Waals surface area (Å²) in [6.07, 6.45) is 4.01. The van der Waals surface area contributed by atoms with Gasteiger partial charge in [0.15, 0.2) is 11.5 Å². The summed E-state index contributed by atoms with van der Waals surface area (Å²) in [5.74, 6) is -0.682. The number of amides is 2. The van der Waals surface area contributed by atoms with Crippen LogP contribution in [0.1, 0.15) is 31.9 Å². The van der Waals surface area contributed by atoms with Crippen LogP contribution in [-0.4, -0.2) is 37.6 Å². The second kappa shape index (κ2) is 9.09. The van der Waals surface area contributed by atoms with Crippen LogP contribution < -0.4 is 14.4 Å². The summed E-state index contributed by atoms with van der Waals surface area (Å²) in [5, 5.41) is 0. The lowest BCUT2D eigenvalue weighted by molar-refractivity contribution is -0.148. The Morgan fingerprint density at radius 1 is 0.969 bits per heavy atom. The van der Waals surface area contributed by atoms with Crippen LogP contribution in [0.15, 0.2) is 54.6 Å².